The highest BCUT2D eigenvalue weighted by Crippen LogP contribution is 2.29. The van der Waals surface area contributed by atoms with E-state index in [2.05, 4.69) is 43.8 Å². The molecule has 0 radical (unpaired) electrons. The van der Waals surface area contributed by atoms with E-state index in [1.54, 1.807) is 0 Å². The predicted molar refractivity (Wildman–Crippen MR) is 89.9 cm³/mol. The number of unbranched alkanes of at least 4 members (excludes halogenated alkanes) is 1. The molecular weight excluding hydrogens is 254 g/mol. The van der Waals surface area contributed by atoms with Crippen molar-refractivity contribution in [1.29, 1.82) is 5.26 Å². The summed E-state index contributed by atoms with van der Waals surface area (Å²) >= 11 is 0. The summed E-state index contributed by atoms with van der Waals surface area (Å²) in [6.07, 6.45) is 3.24. The maximum absolute atomic E-state index is 9.40. The van der Waals surface area contributed by atoms with Gasteiger partial charge >= 0.3 is 0 Å². The molecule has 0 unspecified atom stereocenters. The van der Waals surface area contributed by atoms with Gasteiger partial charge in [-0.25, -0.2) is 0 Å². The van der Waals surface area contributed by atoms with Crippen molar-refractivity contribution < 1.29 is 0 Å². The minimum absolute atomic E-state index is 0.789. The van der Waals surface area contributed by atoms with E-state index in [1.165, 1.54) is 0 Å². The number of hydrogen-bond donors (Lipinski definition) is 0. The van der Waals surface area contributed by atoms with E-state index >= 15 is 0 Å². The zero-order valence-corrected chi connectivity index (χ0v) is 12.8. The summed E-state index contributed by atoms with van der Waals surface area (Å²) in [5, 5.41) is 9.40. The monoisotopic (exact) mass is 275 g/mol. The van der Waals surface area contributed by atoms with Crippen LogP contribution >= 0.6 is 0 Å². The molecule has 0 fully saturated rings. The molecular formula is C20H21N. The molecule has 0 N–H and O–H groups in total. The van der Waals surface area contributed by atoms with Crippen molar-refractivity contribution in [3.05, 3.63) is 65.7 Å². The molecule has 0 aromatic heterocycles. The van der Waals surface area contributed by atoms with Gasteiger partial charge in [0, 0.05) is 0 Å². The summed E-state index contributed by atoms with van der Waals surface area (Å²) in [5.41, 5.74) is 6.35. The summed E-state index contributed by atoms with van der Waals surface area (Å²) in [5.74, 6) is 0. The smallest absolute Gasteiger partial charge is 0.0994 e. The summed E-state index contributed by atoms with van der Waals surface area (Å²) in [6.45, 7) is 8.23. The van der Waals surface area contributed by atoms with Gasteiger partial charge in [0.05, 0.1) is 11.6 Å². The molecule has 0 bridgehead atoms. The second kappa shape index (κ2) is 6.90. The molecule has 2 aromatic carbocycles. The molecule has 0 saturated carbocycles. The average molecular weight is 275 g/mol. The minimum atomic E-state index is 0.789. The van der Waals surface area contributed by atoms with Crippen LogP contribution in [0.1, 0.15) is 43.4 Å². The molecule has 0 aliphatic heterocycles. The Hall–Kier alpha value is -2.33. The van der Waals surface area contributed by atoms with Crippen LogP contribution in [0.5, 0.6) is 0 Å². The van der Waals surface area contributed by atoms with E-state index < -0.39 is 0 Å². The van der Waals surface area contributed by atoms with Gasteiger partial charge in [-0.05, 0) is 48.1 Å². The topological polar surface area (TPSA) is 23.8 Å². The van der Waals surface area contributed by atoms with E-state index in [-0.39, 0.29) is 0 Å². The normalized spacial score (nSPS) is 10.1. The van der Waals surface area contributed by atoms with Crippen LogP contribution in [0.4, 0.5) is 0 Å². The lowest BCUT2D eigenvalue weighted by Crippen LogP contribution is -1.93. The number of nitrogens with zero attached hydrogens (tertiary/aromatic N) is 1. The average Bonchev–Trinajstić information content (AvgIpc) is 2.52. The maximum Gasteiger partial charge on any atom is 0.0994 e. The molecule has 0 spiro atoms. The molecule has 2 rings (SSSR count). The van der Waals surface area contributed by atoms with Crippen molar-refractivity contribution in [3.63, 3.8) is 0 Å². The van der Waals surface area contributed by atoms with Crippen LogP contribution in [0.3, 0.4) is 0 Å². The van der Waals surface area contributed by atoms with Gasteiger partial charge < -0.3 is 0 Å². The van der Waals surface area contributed by atoms with E-state index in [4.69, 9.17) is 0 Å². The van der Waals surface area contributed by atoms with Crippen molar-refractivity contribution in [2.24, 2.45) is 0 Å². The van der Waals surface area contributed by atoms with Gasteiger partial charge in [-0.1, -0.05) is 61.9 Å². The SMILES string of the molecule is C=C(C)c1ccccc1-c1ccc(CCCC)c(C#N)c1. The van der Waals surface area contributed by atoms with E-state index in [0.29, 0.717) is 0 Å². The first kappa shape index (κ1) is 15.1. The second-order valence-electron chi connectivity index (χ2n) is 5.41. The highest BCUT2D eigenvalue weighted by atomic mass is 14.2. The molecule has 0 amide bonds. The first-order valence-corrected chi connectivity index (χ1v) is 7.45. The van der Waals surface area contributed by atoms with Crippen molar-refractivity contribution in [1.82, 2.24) is 0 Å². The van der Waals surface area contributed by atoms with Gasteiger partial charge in [-0.15, -0.1) is 0 Å². The molecule has 1 nitrogen and oxygen atoms in total. The van der Waals surface area contributed by atoms with Crippen LogP contribution in [0.2, 0.25) is 0 Å². The van der Waals surface area contributed by atoms with Crippen molar-refractivity contribution in [2.75, 3.05) is 0 Å². The fourth-order valence-electron chi connectivity index (χ4n) is 2.54. The Labute approximate surface area is 127 Å². The van der Waals surface area contributed by atoms with Crippen LogP contribution in [-0.2, 0) is 6.42 Å². The Balaban J connectivity index is 2.47. The largest absolute Gasteiger partial charge is 0.192 e. The van der Waals surface area contributed by atoms with Crippen LogP contribution in [0.15, 0.2) is 49.0 Å². The van der Waals surface area contributed by atoms with Gasteiger partial charge in [0.25, 0.3) is 0 Å². The van der Waals surface area contributed by atoms with Crippen molar-refractivity contribution >= 4 is 5.57 Å². The summed E-state index contributed by atoms with van der Waals surface area (Å²) < 4.78 is 0. The van der Waals surface area contributed by atoms with Crippen LogP contribution in [0.25, 0.3) is 16.7 Å². The lowest BCUT2D eigenvalue weighted by atomic mass is 9.92. The third-order valence-electron chi connectivity index (χ3n) is 3.73. The molecule has 1 heteroatoms. The highest BCUT2D eigenvalue weighted by Gasteiger charge is 2.08. The van der Waals surface area contributed by atoms with Crippen molar-refractivity contribution in [2.45, 2.75) is 33.1 Å². The number of aryl methyl sites for hydroxylation is 1. The van der Waals surface area contributed by atoms with Crippen LogP contribution < -0.4 is 0 Å². The zero-order valence-electron chi connectivity index (χ0n) is 12.8. The summed E-state index contributed by atoms with van der Waals surface area (Å²) in [4.78, 5) is 0. The molecule has 0 atom stereocenters. The van der Waals surface area contributed by atoms with Gasteiger partial charge in [0.15, 0.2) is 0 Å². The van der Waals surface area contributed by atoms with Crippen LogP contribution in [0, 0.1) is 11.3 Å². The lowest BCUT2D eigenvalue weighted by Gasteiger charge is -2.11. The fraction of sp³-hybridized carbons (Fsp3) is 0.250. The zero-order chi connectivity index (χ0) is 15.2. The number of rotatable bonds is 5. The number of allylic oxidation sites excluding steroid dienone is 1. The quantitative estimate of drug-likeness (QED) is 0.696. The second-order valence-corrected chi connectivity index (χ2v) is 5.41. The van der Waals surface area contributed by atoms with E-state index in [9.17, 15) is 5.26 Å². The lowest BCUT2D eigenvalue weighted by molar-refractivity contribution is 0.793. The third-order valence-corrected chi connectivity index (χ3v) is 3.73. The van der Waals surface area contributed by atoms with E-state index in [1.807, 2.05) is 25.1 Å². The third kappa shape index (κ3) is 3.41. The summed E-state index contributed by atoms with van der Waals surface area (Å²) in [6, 6.07) is 16.8. The first-order valence-electron chi connectivity index (χ1n) is 7.45. The number of nitriles is 1. The van der Waals surface area contributed by atoms with Gasteiger partial charge in [0.1, 0.15) is 0 Å². The van der Waals surface area contributed by atoms with Crippen molar-refractivity contribution in [3.8, 4) is 17.2 Å². The Morgan fingerprint density at radius 2 is 1.95 bits per heavy atom. The molecule has 0 aliphatic rings. The summed E-state index contributed by atoms with van der Waals surface area (Å²) in [7, 11) is 0. The molecule has 21 heavy (non-hydrogen) atoms. The fourth-order valence-corrected chi connectivity index (χ4v) is 2.54. The Bertz CT molecular complexity index is 689. The number of hydrogen-bond acceptors (Lipinski definition) is 1. The minimum Gasteiger partial charge on any atom is -0.192 e. The molecule has 0 saturated heterocycles. The number of benzene rings is 2. The molecule has 2 aromatic rings. The van der Waals surface area contributed by atoms with Gasteiger partial charge in [-0.3, -0.25) is 0 Å². The van der Waals surface area contributed by atoms with Gasteiger partial charge in [0.2, 0.25) is 0 Å². The van der Waals surface area contributed by atoms with E-state index in [0.717, 1.165) is 52.7 Å². The predicted octanol–water partition coefficient (Wildman–Crippen LogP) is 5.60. The van der Waals surface area contributed by atoms with Crippen LogP contribution in [-0.4, -0.2) is 0 Å². The molecule has 0 heterocycles. The maximum atomic E-state index is 9.40. The molecule has 106 valence electrons. The first-order chi connectivity index (χ1) is 10.2. The van der Waals surface area contributed by atoms with Gasteiger partial charge in [-0.2, -0.15) is 5.26 Å². The standard InChI is InChI=1S/C20H21N/c1-4-5-8-16-11-12-17(13-18(16)14-21)20-10-7-6-9-19(20)15(2)3/h6-7,9-13H,2,4-5,8H2,1,3H3. The molecule has 0 aliphatic carbocycles. The Morgan fingerprint density at radius 3 is 2.62 bits per heavy atom. The Morgan fingerprint density at radius 1 is 1.19 bits per heavy atom. The Kier molecular flexibility index (Phi) is 4.95. The highest BCUT2D eigenvalue weighted by molar-refractivity contribution is 5.80.